The van der Waals surface area contributed by atoms with Gasteiger partial charge >= 0.3 is 0 Å². The number of para-hydroxylation sites is 1. The summed E-state index contributed by atoms with van der Waals surface area (Å²) in [6.45, 7) is -0.0461. The minimum Gasteiger partial charge on any atom is -0.352 e. The summed E-state index contributed by atoms with van der Waals surface area (Å²) in [7, 11) is 0. The number of carbonyl (C=O) groups excluding carboxylic acids is 1. The Bertz CT molecular complexity index is 1040. The lowest BCUT2D eigenvalue weighted by molar-refractivity contribution is -0.122. The molecule has 0 unspecified atom stereocenters. The lowest BCUT2D eigenvalue weighted by Crippen LogP contribution is -2.39. The van der Waals surface area contributed by atoms with Crippen LogP contribution in [0.5, 0.6) is 0 Å². The molecule has 0 saturated heterocycles. The van der Waals surface area contributed by atoms with Gasteiger partial charge in [-0.2, -0.15) is 5.10 Å². The molecule has 2 aromatic heterocycles. The molecule has 1 fully saturated rings. The summed E-state index contributed by atoms with van der Waals surface area (Å²) >= 11 is 6.22. The summed E-state index contributed by atoms with van der Waals surface area (Å²) in [5.41, 5.74) is 0.767. The molecule has 0 aliphatic heterocycles. The Kier molecular flexibility index (Phi) is 4.94. The van der Waals surface area contributed by atoms with Gasteiger partial charge in [-0.1, -0.05) is 43.0 Å². The molecule has 4 rings (SSSR count). The predicted octanol–water partition coefficient (Wildman–Crippen LogP) is 2.68. The summed E-state index contributed by atoms with van der Waals surface area (Å²) in [5.74, 6) is -0.163. The van der Waals surface area contributed by atoms with Gasteiger partial charge < -0.3 is 5.32 Å². The number of carbonyl (C=O) groups is 1. The molecule has 0 spiro atoms. The minimum absolute atomic E-state index is 0.0461. The highest BCUT2D eigenvalue weighted by Crippen LogP contribution is 2.21. The van der Waals surface area contributed by atoms with E-state index in [1.54, 1.807) is 12.1 Å². The Morgan fingerprint density at radius 2 is 2.00 bits per heavy atom. The van der Waals surface area contributed by atoms with E-state index >= 15 is 0 Å². The van der Waals surface area contributed by atoms with Crippen molar-refractivity contribution >= 4 is 28.5 Å². The first-order valence-electron chi connectivity index (χ1n) is 9.11. The molecule has 27 heavy (non-hydrogen) atoms. The van der Waals surface area contributed by atoms with Gasteiger partial charge in [0, 0.05) is 6.04 Å². The van der Waals surface area contributed by atoms with Crippen molar-refractivity contribution in [3.63, 3.8) is 0 Å². The Morgan fingerprint density at radius 3 is 2.78 bits per heavy atom. The zero-order chi connectivity index (χ0) is 18.8. The molecule has 1 aliphatic rings. The van der Waals surface area contributed by atoms with E-state index in [-0.39, 0.29) is 24.1 Å². The zero-order valence-electron chi connectivity index (χ0n) is 14.8. The number of amides is 1. The summed E-state index contributed by atoms with van der Waals surface area (Å²) < 4.78 is 2.85. The van der Waals surface area contributed by atoms with Crippen LogP contribution >= 0.6 is 11.6 Å². The van der Waals surface area contributed by atoms with Crippen molar-refractivity contribution in [3.8, 4) is 5.69 Å². The Morgan fingerprint density at radius 1 is 1.22 bits per heavy atom. The first kappa shape index (κ1) is 17.7. The SMILES string of the molecule is O=C(Cn1cnc2c(cnn2-c2ccccc2Cl)c1=O)NC1CCCCC1. The second-order valence-corrected chi connectivity index (χ2v) is 7.23. The average molecular weight is 386 g/mol. The van der Waals surface area contributed by atoms with Crippen LogP contribution in [-0.4, -0.2) is 31.3 Å². The van der Waals surface area contributed by atoms with Crippen molar-refractivity contribution < 1.29 is 4.79 Å². The summed E-state index contributed by atoms with van der Waals surface area (Å²) in [6.07, 6.45) is 8.36. The normalized spacial score (nSPS) is 15.1. The standard InChI is InChI=1S/C19H20ClN5O2/c20-15-8-4-5-9-16(15)25-18-14(10-22-25)19(27)24(12-21-18)11-17(26)23-13-6-2-1-3-7-13/h4-5,8-10,12-13H,1-3,6-7,11H2,(H,23,26). The Hall–Kier alpha value is -2.67. The van der Waals surface area contributed by atoms with Crippen LogP contribution in [0, 0.1) is 0 Å². The van der Waals surface area contributed by atoms with E-state index in [9.17, 15) is 9.59 Å². The number of benzene rings is 1. The third kappa shape index (κ3) is 3.60. The third-order valence-electron chi connectivity index (χ3n) is 4.92. The molecule has 0 bridgehead atoms. The molecule has 1 aromatic carbocycles. The van der Waals surface area contributed by atoms with Gasteiger partial charge in [-0.05, 0) is 25.0 Å². The van der Waals surface area contributed by atoms with Gasteiger partial charge in [0.15, 0.2) is 5.65 Å². The topological polar surface area (TPSA) is 81.8 Å². The minimum atomic E-state index is -0.294. The molecule has 1 N–H and O–H groups in total. The van der Waals surface area contributed by atoms with E-state index in [4.69, 9.17) is 11.6 Å². The van der Waals surface area contributed by atoms with Crippen LogP contribution in [0.2, 0.25) is 5.02 Å². The molecule has 3 aromatic rings. The molecule has 7 nitrogen and oxygen atoms in total. The van der Waals surface area contributed by atoms with Crippen molar-refractivity contribution in [2.75, 3.05) is 0 Å². The van der Waals surface area contributed by atoms with Gasteiger partial charge in [0.1, 0.15) is 18.3 Å². The predicted molar refractivity (Wildman–Crippen MR) is 103 cm³/mol. The summed E-state index contributed by atoms with van der Waals surface area (Å²) in [5, 5.41) is 8.14. The first-order chi connectivity index (χ1) is 13.1. The largest absolute Gasteiger partial charge is 0.352 e. The van der Waals surface area contributed by atoms with Crippen LogP contribution < -0.4 is 10.9 Å². The van der Waals surface area contributed by atoms with E-state index < -0.39 is 0 Å². The summed E-state index contributed by atoms with van der Waals surface area (Å²) in [6, 6.07) is 7.43. The smallest absolute Gasteiger partial charge is 0.264 e. The number of aromatic nitrogens is 4. The number of nitrogens with one attached hydrogen (secondary N) is 1. The maximum atomic E-state index is 12.7. The van der Waals surface area contributed by atoms with Crippen LogP contribution in [0.25, 0.3) is 16.7 Å². The van der Waals surface area contributed by atoms with Gasteiger partial charge in [0.2, 0.25) is 5.91 Å². The van der Waals surface area contributed by atoms with Crippen LogP contribution in [0.15, 0.2) is 41.6 Å². The number of rotatable bonds is 4. The molecular weight excluding hydrogens is 366 g/mol. The monoisotopic (exact) mass is 385 g/mol. The number of hydrogen-bond acceptors (Lipinski definition) is 4. The second-order valence-electron chi connectivity index (χ2n) is 6.83. The van der Waals surface area contributed by atoms with Crippen LogP contribution in [0.4, 0.5) is 0 Å². The van der Waals surface area contributed by atoms with E-state index in [1.165, 1.54) is 28.2 Å². The molecule has 1 amide bonds. The lowest BCUT2D eigenvalue weighted by Gasteiger charge is -2.22. The molecular formula is C19H20ClN5O2. The van der Waals surface area contributed by atoms with Gasteiger partial charge in [0.05, 0.1) is 16.9 Å². The van der Waals surface area contributed by atoms with E-state index in [2.05, 4.69) is 15.4 Å². The highest BCUT2D eigenvalue weighted by atomic mass is 35.5. The third-order valence-corrected chi connectivity index (χ3v) is 5.24. The molecule has 1 saturated carbocycles. The van der Waals surface area contributed by atoms with Crippen LogP contribution in [-0.2, 0) is 11.3 Å². The Balaban J connectivity index is 1.59. The fourth-order valence-electron chi connectivity index (χ4n) is 3.54. The van der Waals surface area contributed by atoms with Crippen LogP contribution in [0.1, 0.15) is 32.1 Å². The van der Waals surface area contributed by atoms with Crippen molar-refractivity contribution in [2.24, 2.45) is 0 Å². The van der Waals surface area contributed by atoms with Gasteiger partial charge in [-0.15, -0.1) is 0 Å². The number of hydrogen-bond donors (Lipinski definition) is 1. The zero-order valence-corrected chi connectivity index (χ0v) is 15.5. The molecule has 2 heterocycles. The van der Waals surface area contributed by atoms with Crippen molar-refractivity contribution in [2.45, 2.75) is 44.7 Å². The molecule has 1 aliphatic carbocycles. The highest BCUT2D eigenvalue weighted by molar-refractivity contribution is 6.32. The van der Waals surface area contributed by atoms with Crippen molar-refractivity contribution in [3.05, 3.63) is 52.2 Å². The Labute approximate surface area is 161 Å². The van der Waals surface area contributed by atoms with Crippen molar-refractivity contribution in [1.82, 2.24) is 24.6 Å². The summed E-state index contributed by atoms with van der Waals surface area (Å²) in [4.78, 5) is 29.4. The maximum absolute atomic E-state index is 12.7. The van der Waals surface area contributed by atoms with E-state index in [0.717, 1.165) is 25.7 Å². The number of nitrogens with zero attached hydrogens (tertiary/aromatic N) is 4. The highest BCUT2D eigenvalue weighted by Gasteiger charge is 2.18. The quantitative estimate of drug-likeness (QED) is 0.748. The van der Waals surface area contributed by atoms with Crippen LogP contribution in [0.3, 0.4) is 0 Å². The lowest BCUT2D eigenvalue weighted by atomic mass is 9.95. The average Bonchev–Trinajstić information content (AvgIpc) is 3.10. The maximum Gasteiger partial charge on any atom is 0.264 e. The number of halogens is 1. The van der Waals surface area contributed by atoms with Gasteiger partial charge in [-0.25, -0.2) is 9.67 Å². The molecule has 140 valence electrons. The fraction of sp³-hybridized carbons (Fsp3) is 0.368. The molecule has 0 radical (unpaired) electrons. The van der Waals surface area contributed by atoms with E-state index in [0.29, 0.717) is 21.7 Å². The van der Waals surface area contributed by atoms with Gasteiger partial charge in [-0.3, -0.25) is 14.2 Å². The van der Waals surface area contributed by atoms with Gasteiger partial charge in [0.25, 0.3) is 5.56 Å². The molecule has 8 heteroatoms. The van der Waals surface area contributed by atoms with Crippen molar-refractivity contribution in [1.29, 1.82) is 0 Å². The second kappa shape index (κ2) is 7.52. The fourth-order valence-corrected chi connectivity index (χ4v) is 3.75. The first-order valence-corrected chi connectivity index (χ1v) is 9.49. The molecule has 0 atom stereocenters. The number of fused-ring (bicyclic) bond motifs is 1. The van der Waals surface area contributed by atoms with E-state index in [1.807, 2.05) is 12.1 Å².